The van der Waals surface area contributed by atoms with E-state index in [1.165, 1.54) is 15.8 Å². The predicted octanol–water partition coefficient (Wildman–Crippen LogP) is 2.95. The maximum Gasteiger partial charge on any atom is 0.264 e. The molecule has 0 spiro atoms. The molecule has 8 nitrogen and oxygen atoms in total. The molecule has 3 aromatic rings. The van der Waals surface area contributed by atoms with E-state index < -0.39 is 6.17 Å². The van der Waals surface area contributed by atoms with Gasteiger partial charge in [0.05, 0.1) is 23.1 Å². The van der Waals surface area contributed by atoms with E-state index in [9.17, 15) is 18.8 Å². The predicted molar refractivity (Wildman–Crippen MR) is 134 cm³/mol. The fourth-order valence-electron chi connectivity index (χ4n) is 4.65. The van der Waals surface area contributed by atoms with Crippen LogP contribution in [0, 0.1) is 6.92 Å². The van der Waals surface area contributed by atoms with Crippen molar-refractivity contribution in [2.45, 2.75) is 26.1 Å². The molecule has 2 saturated heterocycles. The van der Waals surface area contributed by atoms with Gasteiger partial charge >= 0.3 is 0 Å². The Hall–Kier alpha value is -2.98. The van der Waals surface area contributed by atoms with Crippen molar-refractivity contribution in [3.8, 4) is 0 Å². The van der Waals surface area contributed by atoms with Crippen LogP contribution in [0.3, 0.4) is 0 Å². The minimum absolute atomic E-state index is 0.0727. The van der Waals surface area contributed by atoms with Gasteiger partial charge in [-0.05, 0) is 37.1 Å². The number of nitrogens with zero attached hydrogens (tertiary/aromatic N) is 5. The van der Waals surface area contributed by atoms with Gasteiger partial charge in [-0.1, -0.05) is 17.7 Å². The number of aryl methyl sites for hydroxylation is 1. The van der Waals surface area contributed by atoms with Crippen LogP contribution < -0.4 is 10.5 Å². The molecule has 2 aliphatic heterocycles. The summed E-state index contributed by atoms with van der Waals surface area (Å²) in [4.78, 5) is 49.6. The monoisotopic (exact) mass is 517 g/mol. The van der Waals surface area contributed by atoms with Gasteiger partial charge in [0.15, 0.2) is 0 Å². The number of alkyl halides is 1. The first-order valence-electron chi connectivity index (χ1n) is 11.5. The molecular weight excluding hydrogens is 493 g/mol. The first-order chi connectivity index (χ1) is 16.8. The van der Waals surface area contributed by atoms with Crippen molar-refractivity contribution in [1.82, 2.24) is 19.4 Å². The maximum absolute atomic E-state index is 13.6. The second-order valence-corrected chi connectivity index (χ2v) is 10.3. The summed E-state index contributed by atoms with van der Waals surface area (Å²) < 4.78 is 14.9. The number of hydrogen-bond donors (Lipinski definition) is 0. The van der Waals surface area contributed by atoms with E-state index in [2.05, 4.69) is 9.88 Å². The quantitative estimate of drug-likeness (QED) is 0.531. The second-order valence-electron chi connectivity index (χ2n) is 8.90. The number of halogens is 2. The Morgan fingerprint density at radius 1 is 1.17 bits per heavy atom. The number of carbonyl (C=O) groups is 2. The molecule has 11 heteroatoms. The molecule has 1 unspecified atom stereocenters. The number of rotatable bonds is 4. The van der Waals surface area contributed by atoms with Gasteiger partial charge in [0.2, 0.25) is 5.91 Å². The number of benzene rings is 1. The molecule has 0 bridgehead atoms. The SMILES string of the molecule is Cc1c(C(=O)N2CCC(F)C2)sc2ncn(CC(=O)N3CCN(c4cccc(Cl)c4)CC3)c(=O)c12. The first kappa shape index (κ1) is 23.7. The summed E-state index contributed by atoms with van der Waals surface area (Å²) in [6.45, 7) is 4.45. The minimum Gasteiger partial charge on any atom is -0.368 e. The second kappa shape index (κ2) is 9.58. The summed E-state index contributed by atoms with van der Waals surface area (Å²) in [5, 5.41) is 1.01. The van der Waals surface area contributed by atoms with Crippen LogP contribution in [-0.2, 0) is 11.3 Å². The fourth-order valence-corrected chi connectivity index (χ4v) is 5.95. The molecule has 0 aliphatic carbocycles. The summed E-state index contributed by atoms with van der Waals surface area (Å²) >= 11 is 7.23. The van der Waals surface area contributed by atoms with Gasteiger partial charge in [0.1, 0.15) is 17.5 Å². The molecule has 2 aromatic heterocycles. The third-order valence-corrected chi connectivity index (χ3v) is 8.06. The van der Waals surface area contributed by atoms with Crippen LogP contribution in [0.5, 0.6) is 0 Å². The Labute approximate surface area is 210 Å². The van der Waals surface area contributed by atoms with E-state index in [1.807, 2.05) is 24.3 Å². The molecule has 35 heavy (non-hydrogen) atoms. The highest BCUT2D eigenvalue weighted by molar-refractivity contribution is 7.20. The maximum atomic E-state index is 13.6. The highest BCUT2D eigenvalue weighted by Crippen LogP contribution is 2.29. The van der Waals surface area contributed by atoms with Crippen molar-refractivity contribution in [3.05, 3.63) is 56.4 Å². The van der Waals surface area contributed by atoms with Crippen molar-refractivity contribution in [2.24, 2.45) is 0 Å². The molecule has 0 radical (unpaired) electrons. The molecule has 184 valence electrons. The number of fused-ring (bicyclic) bond motifs is 1. The highest BCUT2D eigenvalue weighted by atomic mass is 35.5. The molecule has 2 fully saturated rings. The van der Waals surface area contributed by atoms with E-state index in [4.69, 9.17) is 11.6 Å². The van der Waals surface area contributed by atoms with Gasteiger partial charge in [0.25, 0.3) is 11.5 Å². The molecule has 2 aliphatic rings. The van der Waals surface area contributed by atoms with Crippen molar-refractivity contribution in [3.63, 3.8) is 0 Å². The number of hydrogen-bond acceptors (Lipinski definition) is 6. The van der Waals surface area contributed by atoms with Crippen LogP contribution in [0.4, 0.5) is 10.1 Å². The van der Waals surface area contributed by atoms with Crippen LogP contribution in [0.1, 0.15) is 21.7 Å². The molecule has 5 rings (SSSR count). The van der Waals surface area contributed by atoms with Gasteiger partial charge in [-0.2, -0.15) is 0 Å². The topological polar surface area (TPSA) is 78.8 Å². The lowest BCUT2D eigenvalue weighted by Gasteiger charge is -2.36. The van der Waals surface area contributed by atoms with Crippen LogP contribution in [-0.4, -0.2) is 76.6 Å². The Bertz CT molecular complexity index is 1350. The van der Waals surface area contributed by atoms with Gasteiger partial charge in [-0.3, -0.25) is 19.0 Å². The molecule has 1 aromatic carbocycles. The molecule has 0 N–H and O–H groups in total. The summed E-state index contributed by atoms with van der Waals surface area (Å²) in [6, 6.07) is 7.62. The standard InChI is InChI=1S/C24H25ClFN5O3S/c1-15-20-22(35-21(15)24(34)30-6-5-17(26)12-30)27-14-31(23(20)33)13-19(32)29-9-7-28(8-10-29)18-4-2-3-16(25)11-18/h2-4,11,14,17H,5-10,12-13H2,1H3. The number of piperazine rings is 1. The zero-order valence-electron chi connectivity index (χ0n) is 19.2. The number of amides is 2. The Morgan fingerprint density at radius 2 is 1.94 bits per heavy atom. The average molecular weight is 518 g/mol. The molecular formula is C24H25ClFN5O3S. The van der Waals surface area contributed by atoms with Crippen molar-refractivity contribution in [1.29, 1.82) is 0 Å². The molecule has 4 heterocycles. The Kier molecular flexibility index (Phi) is 6.50. The van der Waals surface area contributed by atoms with Crippen molar-refractivity contribution < 1.29 is 14.0 Å². The van der Waals surface area contributed by atoms with E-state index in [0.29, 0.717) is 64.8 Å². The first-order valence-corrected chi connectivity index (χ1v) is 12.7. The fraction of sp³-hybridized carbons (Fsp3) is 0.417. The minimum atomic E-state index is -1.01. The Morgan fingerprint density at radius 3 is 2.63 bits per heavy atom. The molecule has 1 atom stereocenters. The average Bonchev–Trinajstić information content (AvgIpc) is 3.44. The summed E-state index contributed by atoms with van der Waals surface area (Å²) in [5.41, 5.74) is 1.20. The lowest BCUT2D eigenvalue weighted by atomic mass is 10.2. The third kappa shape index (κ3) is 4.64. The summed E-state index contributed by atoms with van der Waals surface area (Å²) in [7, 11) is 0. The highest BCUT2D eigenvalue weighted by Gasteiger charge is 2.30. The Balaban J connectivity index is 1.29. The lowest BCUT2D eigenvalue weighted by molar-refractivity contribution is -0.132. The lowest BCUT2D eigenvalue weighted by Crippen LogP contribution is -2.50. The van der Waals surface area contributed by atoms with Crippen LogP contribution in [0.2, 0.25) is 5.02 Å². The number of aromatic nitrogens is 2. The normalized spacial score (nSPS) is 18.5. The van der Waals surface area contributed by atoms with E-state index in [0.717, 1.165) is 17.0 Å². The van der Waals surface area contributed by atoms with Gasteiger partial charge in [-0.25, -0.2) is 9.37 Å². The van der Waals surface area contributed by atoms with E-state index >= 15 is 0 Å². The number of likely N-dealkylation sites (tertiary alicyclic amines) is 1. The van der Waals surface area contributed by atoms with Crippen molar-refractivity contribution in [2.75, 3.05) is 44.2 Å². The smallest absolute Gasteiger partial charge is 0.264 e. The zero-order chi connectivity index (χ0) is 24.7. The van der Waals surface area contributed by atoms with E-state index in [-0.39, 0.29) is 30.5 Å². The number of thiophene rings is 1. The van der Waals surface area contributed by atoms with Crippen LogP contribution in [0.15, 0.2) is 35.4 Å². The summed E-state index contributed by atoms with van der Waals surface area (Å²) in [6.07, 6.45) is 0.681. The molecule has 2 amide bonds. The zero-order valence-corrected chi connectivity index (χ0v) is 20.8. The largest absolute Gasteiger partial charge is 0.368 e. The van der Waals surface area contributed by atoms with Gasteiger partial charge < -0.3 is 14.7 Å². The van der Waals surface area contributed by atoms with Crippen LogP contribution >= 0.6 is 22.9 Å². The summed E-state index contributed by atoms with van der Waals surface area (Å²) in [5.74, 6) is -0.431. The number of anilines is 1. The van der Waals surface area contributed by atoms with Gasteiger partial charge in [0, 0.05) is 43.4 Å². The van der Waals surface area contributed by atoms with Crippen molar-refractivity contribution >= 4 is 50.7 Å². The number of carbonyl (C=O) groups excluding carboxylic acids is 2. The van der Waals surface area contributed by atoms with Crippen LogP contribution in [0.25, 0.3) is 10.2 Å². The third-order valence-electron chi connectivity index (χ3n) is 6.64. The van der Waals surface area contributed by atoms with Gasteiger partial charge in [-0.15, -0.1) is 11.3 Å². The van der Waals surface area contributed by atoms with E-state index in [1.54, 1.807) is 11.8 Å². The molecule has 0 saturated carbocycles.